The number of Topliss-reactive ketones (excluding diaryl/α,β-unsaturated/α-hetero) is 1. The third-order valence-electron chi connectivity index (χ3n) is 2.44. The van der Waals surface area contributed by atoms with Crippen LogP contribution in [0.5, 0.6) is 5.75 Å². The largest absolute Gasteiger partial charge is 0.482 e. The standard InChI is InChI=1S/C13H13ClN2O2/c1-9(13(17)12-6-7-16(2)15-12)18-11-5-3-4-10(14)8-11/h3-9H,1-2H3. The van der Waals surface area contributed by atoms with Crippen molar-refractivity contribution < 1.29 is 9.53 Å². The quantitative estimate of drug-likeness (QED) is 0.798. The lowest BCUT2D eigenvalue weighted by Gasteiger charge is -2.12. The molecule has 0 aliphatic carbocycles. The van der Waals surface area contributed by atoms with Gasteiger partial charge in [-0.1, -0.05) is 17.7 Å². The molecular formula is C13H13ClN2O2. The number of nitrogens with zero attached hydrogens (tertiary/aromatic N) is 2. The predicted molar refractivity (Wildman–Crippen MR) is 69.1 cm³/mol. The van der Waals surface area contributed by atoms with Crippen LogP contribution in [0.1, 0.15) is 17.4 Å². The maximum Gasteiger partial charge on any atom is 0.223 e. The molecule has 0 spiro atoms. The van der Waals surface area contributed by atoms with E-state index in [4.69, 9.17) is 16.3 Å². The fourth-order valence-corrected chi connectivity index (χ4v) is 1.73. The van der Waals surface area contributed by atoms with Crippen molar-refractivity contribution in [2.24, 2.45) is 7.05 Å². The maximum absolute atomic E-state index is 12.0. The lowest BCUT2D eigenvalue weighted by molar-refractivity contribution is 0.0812. The first kappa shape index (κ1) is 12.6. The number of carbonyl (C=O) groups excluding carboxylic acids is 1. The van der Waals surface area contributed by atoms with Gasteiger partial charge in [-0.25, -0.2) is 0 Å². The van der Waals surface area contributed by atoms with Gasteiger partial charge < -0.3 is 4.74 Å². The van der Waals surface area contributed by atoms with Gasteiger partial charge in [-0.15, -0.1) is 0 Å². The van der Waals surface area contributed by atoms with Gasteiger partial charge in [0.05, 0.1) is 0 Å². The molecule has 2 aromatic rings. The van der Waals surface area contributed by atoms with Crippen molar-refractivity contribution in [1.29, 1.82) is 0 Å². The minimum absolute atomic E-state index is 0.157. The molecule has 0 saturated carbocycles. The molecule has 1 atom stereocenters. The molecule has 0 saturated heterocycles. The van der Waals surface area contributed by atoms with E-state index in [9.17, 15) is 4.79 Å². The Hall–Kier alpha value is -1.81. The summed E-state index contributed by atoms with van der Waals surface area (Å²) in [5.74, 6) is 0.412. The van der Waals surface area contributed by atoms with Crippen molar-refractivity contribution in [2.75, 3.05) is 0 Å². The van der Waals surface area contributed by atoms with Gasteiger partial charge in [-0.3, -0.25) is 9.48 Å². The van der Waals surface area contributed by atoms with Crippen LogP contribution in [0.15, 0.2) is 36.5 Å². The zero-order valence-corrected chi connectivity index (χ0v) is 10.9. The van der Waals surface area contributed by atoms with E-state index in [1.54, 1.807) is 55.2 Å². The van der Waals surface area contributed by atoms with Crippen molar-refractivity contribution in [2.45, 2.75) is 13.0 Å². The summed E-state index contributed by atoms with van der Waals surface area (Å²) in [5, 5.41) is 4.63. The average molecular weight is 265 g/mol. The van der Waals surface area contributed by atoms with Gasteiger partial charge in [0.2, 0.25) is 5.78 Å². The van der Waals surface area contributed by atoms with E-state index < -0.39 is 6.10 Å². The molecule has 0 bridgehead atoms. The molecular weight excluding hydrogens is 252 g/mol. The summed E-state index contributed by atoms with van der Waals surface area (Å²) in [7, 11) is 1.76. The lowest BCUT2D eigenvalue weighted by atomic mass is 10.2. The number of ether oxygens (including phenoxy) is 1. The zero-order valence-electron chi connectivity index (χ0n) is 10.1. The number of benzene rings is 1. The number of ketones is 1. The summed E-state index contributed by atoms with van der Waals surface area (Å²) in [4.78, 5) is 12.0. The summed E-state index contributed by atoms with van der Waals surface area (Å²) >= 11 is 5.85. The summed E-state index contributed by atoms with van der Waals surface area (Å²) in [6.45, 7) is 1.69. The van der Waals surface area contributed by atoms with Gasteiger partial charge >= 0.3 is 0 Å². The van der Waals surface area contributed by atoms with Crippen LogP contribution in [-0.4, -0.2) is 21.7 Å². The van der Waals surface area contributed by atoms with Crippen LogP contribution in [-0.2, 0) is 7.05 Å². The molecule has 1 aromatic heterocycles. The first-order valence-electron chi connectivity index (χ1n) is 5.52. The van der Waals surface area contributed by atoms with Crippen molar-refractivity contribution in [3.63, 3.8) is 0 Å². The van der Waals surface area contributed by atoms with Gasteiger partial charge in [0.25, 0.3) is 0 Å². The number of hydrogen-bond donors (Lipinski definition) is 0. The second kappa shape index (κ2) is 5.23. The molecule has 94 valence electrons. The first-order chi connectivity index (χ1) is 8.56. The molecule has 4 nitrogen and oxygen atoms in total. The Morgan fingerprint density at radius 1 is 1.44 bits per heavy atom. The summed E-state index contributed by atoms with van der Waals surface area (Å²) in [6, 6.07) is 8.62. The highest BCUT2D eigenvalue weighted by Gasteiger charge is 2.19. The molecule has 5 heteroatoms. The minimum atomic E-state index is -0.599. The van der Waals surface area contributed by atoms with Crippen molar-refractivity contribution in [3.8, 4) is 5.75 Å². The van der Waals surface area contributed by atoms with Gasteiger partial charge in [-0.05, 0) is 31.2 Å². The number of carbonyl (C=O) groups is 1. The Kier molecular flexibility index (Phi) is 3.67. The second-order valence-electron chi connectivity index (χ2n) is 3.96. The minimum Gasteiger partial charge on any atom is -0.482 e. The van der Waals surface area contributed by atoms with Gasteiger partial charge in [0, 0.05) is 18.3 Å². The highest BCUT2D eigenvalue weighted by atomic mass is 35.5. The Bertz CT molecular complexity index is 566. The van der Waals surface area contributed by atoms with Crippen LogP contribution in [0.25, 0.3) is 0 Å². The topological polar surface area (TPSA) is 44.1 Å². The monoisotopic (exact) mass is 264 g/mol. The van der Waals surface area contributed by atoms with Gasteiger partial charge in [-0.2, -0.15) is 5.10 Å². The highest BCUT2D eigenvalue weighted by Crippen LogP contribution is 2.19. The molecule has 2 rings (SSSR count). The fourth-order valence-electron chi connectivity index (χ4n) is 1.55. The van der Waals surface area contributed by atoms with Gasteiger partial charge in [0.15, 0.2) is 6.10 Å². The van der Waals surface area contributed by atoms with Crippen LogP contribution in [0.4, 0.5) is 0 Å². The molecule has 18 heavy (non-hydrogen) atoms. The Morgan fingerprint density at radius 3 is 2.83 bits per heavy atom. The predicted octanol–water partition coefficient (Wildman–Crippen LogP) is 2.72. The molecule has 0 radical (unpaired) electrons. The van der Waals surface area contributed by atoms with E-state index in [1.165, 1.54) is 0 Å². The van der Waals surface area contributed by atoms with E-state index in [0.29, 0.717) is 16.5 Å². The normalized spacial score (nSPS) is 12.2. The molecule has 1 heterocycles. The van der Waals surface area contributed by atoms with Gasteiger partial charge in [0.1, 0.15) is 11.4 Å². The summed E-state index contributed by atoms with van der Waals surface area (Å²) < 4.78 is 7.12. The van der Waals surface area contributed by atoms with Crippen molar-refractivity contribution in [1.82, 2.24) is 9.78 Å². The molecule has 0 aliphatic heterocycles. The number of rotatable bonds is 4. The summed E-state index contributed by atoms with van der Waals surface area (Å²) in [5.41, 5.74) is 0.395. The Balaban J connectivity index is 2.08. The van der Waals surface area contributed by atoms with Crippen LogP contribution in [0, 0.1) is 0 Å². The number of halogens is 1. The van der Waals surface area contributed by atoms with E-state index in [1.807, 2.05) is 0 Å². The highest BCUT2D eigenvalue weighted by molar-refractivity contribution is 6.30. The van der Waals surface area contributed by atoms with Crippen molar-refractivity contribution >= 4 is 17.4 Å². The maximum atomic E-state index is 12.0. The Morgan fingerprint density at radius 2 is 2.22 bits per heavy atom. The van der Waals surface area contributed by atoms with Crippen LogP contribution < -0.4 is 4.74 Å². The zero-order chi connectivity index (χ0) is 13.1. The van der Waals surface area contributed by atoms with Crippen LogP contribution >= 0.6 is 11.6 Å². The van der Waals surface area contributed by atoms with E-state index in [-0.39, 0.29) is 5.78 Å². The second-order valence-corrected chi connectivity index (χ2v) is 4.39. The van der Waals surface area contributed by atoms with E-state index in [2.05, 4.69) is 5.10 Å². The Labute approximate surface area is 110 Å². The number of hydrogen-bond acceptors (Lipinski definition) is 3. The molecule has 0 fully saturated rings. The van der Waals surface area contributed by atoms with E-state index in [0.717, 1.165) is 0 Å². The van der Waals surface area contributed by atoms with Crippen molar-refractivity contribution in [3.05, 3.63) is 47.2 Å². The number of aryl methyl sites for hydroxylation is 1. The van der Waals surface area contributed by atoms with E-state index >= 15 is 0 Å². The first-order valence-corrected chi connectivity index (χ1v) is 5.90. The third-order valence-corrected chi connectivity index (χ3v) is 2.68. The van der Waals surface area contributed by atoms with Crippen LogP contribution in [0.3, 0.4) is 0 Å². The molecule has 1 unspecified atom stereocenters. The molecule has 0 amide bonds. The number of aromatic nitrogens is 2. The SMILES string of the molecule is CC(Oc1cccc(Cl)c1)C(=O)c1ccn(C)n1. The third kappa shape index (κ3) is 2.90. The fraction of sp³-hybridized carbons (Fsp3) is 0.231. The summed E-state index contributed by atoms with van der Waals surface area (Å²) in [6.07, 6.45) is 1.12. The molecule has 0 N–H and O–H groups in total. The smallest absolute Gasteiger partial charge is 0.223 e. The van der Waals surface area contributed by atoms with Crippen LogP contribution in [0.2, 0.25) is 5.02 Å². The molecule has 0 aliphatic rings. The lowest BCUT2D eigenvalue weighted by Crippen LogP contribution is -2.24. The average Bonchev–Trinajstić information content (AvgIpc) is 2.75. The molecule has 1 aromatic carbocycles.